The van der Waals surface area contributed by atoms with E-state index in [1.54, 1.807) is 12.6 Å². The van der Waals surface area contributed by atoms with Crippen molar-refractivity contribution in [3.8, 4) is 0 Å². The Labute approximate surface area is 106 Å². The number of nitrogens with zero attached hydrogens (tertiary/aromatic N) is 2. The molecule has 0 aliphatic rings. The smallest absolute Gasteiger partial charge is 0.0951 e. The normalized spacial score (nSPS) is 17.1. The number of nitrogens with two attached hydrogens (primary N) is 1. The van der Waals surface area contributed by atoms with Crippen LogP contribution in [-0.4, -0.2) is 25.8 Å². The summed E-state index contributed by atoms with van der Waals surface area (Å²) >= 11 is 0. The molecule has 1 aromatic rings. The van der Waals surface area contributed by atoms with E-state index in [4.69, 9.17) is 5.73 Å². The van der Waals surface area contributed by atoms with Gasteiger partial charge < -0.3 is 10.3 Å². The Bertz CT molecular complexity index is 376. The SMILES string of the molecule is CC(C)CC(N)c1cncn1C(C)CS(C)=O. The molecule has 98 valence electrons. The summed E-state index contributed by atoms with van der Waals surface area (Å²) in [7, 11) is -0.802. The summed E-state index contributed by atoms with van der Waals surface area (Å²) in [4.78, 5) is 4.16. The quantitative estimate of drug-likeness (QED) is 0.846. The maximum Gasteiger partial charge on any atom is 0.0951 e. The van der Waals surface area contributed by atoms with Crippen molar-refractivity contribution in [3.63, 3.8) is 0 Å². The van der Waals surface area contributed by atoms with Gasteiger partial charge >= 0.3 is 0 Å². The van der Waals surface area contributed by atoms with E-state index in [1.165, 1.54) is 0 Å². The van der Waals surface area contributed by atoms with Gasteiger partial charge in [0, 0.05) is 41.1 Å². The second-order valence-corrected chi connectivity index (χ2v) is 6.53. The highest BCUT2D eigenvalue weighted by Gasteiger charge is 2.17. The van der Waals surface area contributed by atoms with Crippen LogP contribution in [0.15, 0.2) is 12.5 Å². The first-order valence-electron chi connectivity index (χ1n) is 5.99. The maximum atomic E-state index is 11.3. The van der Waals surface area contributed by atoms with Crippen LogP contribution >= 0.6 is 0 Å². The lowest BCUT2D eigenvalue weighted by Crippen LogP contribution is -2.21. The standard InChI is InChI=1S/C12H23N3OS/c1-9(2)5-11(13)12-6-14-8-15(12)10(3)7-17(4)16/h6,8-11H,5,7,13H2,1-4H3. The number of hydrogen-bond donors (Lipinski definition) is 1. The average molecular weight is 257 g/mol. The van der Waals surface area contributed by atoms with Crippen LogP contribution in [0.1, 0.15) is 45.0 Å². The Kier molecular flexibility index (Phi) is 5.33. The molecule has 1 heterocycles. The minimum absolute atomic E-state index is 0.00485. The van der Waals surface area contributed by atoms with Gasteiger partial charge in [0.1, 0.15) is 0 Å². The van der Waals surface area contributed by atoms with E-state index in [2.05, 4.69) is 30.3 Å². The van der Waals surface area contributed by atoms with E-state index >= 15 is 0 Å². The first-order chi connectivity index (χ1) is 7.91. The van der Waals surface area contributed by atoms with Crippen molar-refractivity contribution in [2.75, 3.05) is 12.0 Å². The van der Waals surface area contributed by atoms with Crippen molar-refractivity contribution in [2.45, 2.75) is 39.3 Å². The molecule has 4 nitrogen and oxygen atoms in total. The average Bonchev–Trinajstić information content (AvgIpc) is 2.63. The maximum absolute atomic E-state index is 11.3. The Hall–Kier alpha value is -0.680. The third-order valence-electron chi connectivity index (χ3n) is 2.75. The van der Waals surface area contributed by atoms with Crippen LogP contribution in [0.2, 0.25) is 0 Å². The van der Waals surface area contributed by atoms with Crippen LogP contribution < -0.4 is 5.73 Å². The molecule has 0 saturated heterocycles. The molecule has 0 amide bonds. The van der Waals surface area contributed by atoms with Gasteiger partial charge in [0.2, 0.25) is 0 Å². The Balaban J connectivity index is 2.81. The van der Waals surface area contributed by atoms with Crippen LogP contribution in [0.4, 0.5) is 0 Å². The van der Waals surface area contributed by atoms with Crippen LogP contribution in [-0.2, 0) is 10.8 Å². The Morgan fingerprint density at radius 3 is 2.65 bits per heavy atom. The lowest BCUT2D eigenvalue weighted by atomic mass is 10.0. The van der Waals surface area contributed by atoms with Gasteiger partial charge in [0.25, 0.3) is 0 Å². The molecule has 1 aromatic heterocycles. The van der Waals surface area contributed by atoms with Gasteiger partial charge in [0.05, 0.1) is 12.0 Å². The van der Waals surface area contributed by atoms with Crippen molar-refractivity contribution in [1.82, 2.24) is 9.55 Å². The largest absolute Gasteiger partial charge is 0.329 e. The van der Waals surface area contributed by atoms with Crippen LogP contribution in [0, 0.1) is 5.92 Å². The monoisotopic (exact) mass is 257 g/mol. The molecule has 2 N–H and O–H groups in total. The Morgan fingerprint density at radius 2 is 2.12 bits per heavy atom. The minimum Gasteiger partial charge on any atom is -0.329 e. The predicted octanol–water partition coefficient (Wildman–Crippen LogP) is 1.87. The van der Waals surface area contributed by atoms with E-state index in [9.17, 15) is 4.21 Å². The van der Waals surface area contributed by atoms with E-state index in [1.807, 2.05) is 6.20 Å². The molecule has 0 fully saturated rings. The van der Waals surface area contributed by atoms with E-state index in [0.717, 1.165) is 12.1 Å². The fourth-order valence-corrected chi connectivity index (χ4v) is 2.86. The molecule has 0 aliphatic heterocycles. The summed E-state index contributed by atoms with van der Waals surface area (Å²) in [5.41, 5.74) is 7.21. The molecular formula is C12H23N3OS. The molecule has 3 unspecified atom stereocenters. The number of imidazole rings is 1. The summed E-state index contributed by atoms with van der Waals surface area (Å²) in [5, 5.41) is 0. The second kappa shape index (κ2) is 6.31. The van der Waals surface area contributed by atoms with Crippen LogP contribution in [0.3, 0.4) is 0 Å². The summed E-state index contributed by atoms with van der Waals surface area (Å²) in [6.07, 6.45) is 6.27. The third kappa shape index (κ3) is 4.24. The number of aromatic nitrogens is 2. The molecule has 5 heteroatoms. The van der Waals surface area contributed by atoms with Crippen molar-refractivity contribution < 1.29 is 4.21 Å². The highest BCUT2D eigenvalue weighted by molar-refractivity contribution is 7.84. The molecule has 0 radical (unpaired) electrons. The number of rotatable bonds is 6. The zero-order valence-electron chi connectivity index (χ0n) is 11.1. The minimum atomic E-state index is -0.802. The van der Waals surface area contributed by atoms with Crippen molar-refractivity contribution >= 4 is 10.8 Å². The fraction of sp³-hybridized carbons (Fsp3) is 0.750. The lowest BCUT2D eigenvalue weighted by Gasteiger charge is -2.20. The lowest BCUT2D eigenvalue weighted by molar-refractivity contribution is 0.469. The summed E-state index contributed by atoms with van der Waals surface area (Å²) < 4.78 is 13.3. The Morgan fingerprint density at radius 1 is 1.47 bits per heavy atom. The van der Waals surface area contributed by atoms with Gasteiger partial charge in [-0.3, -0.25) is 4.21 Å². The van der Waals surface area contributed by atoms with Crippen LogP contribution in [0.25, 0.3) is 0 Å². The topological polar surface area (TPSA) is 60.9 Å². The molecule has 0 aliphatic carbocycles. The molecule has 0 bridgehead atoms. The van der Waals surface area contributed by atoms with Gasteiger partial charge in [-0.05, 0) is 19.3 Å². The van der Waals surface area contributed by atoms with E-state index in [-0.39, 0.29) is 12.1 Å². The molecule has 0 aromatic carbocycles. The molecule has 17 heavy (non-hydrogen) atoms. The summed E-state index contributed by atoms with van der Waals surface area (Å²) in [6.45, 7) is 6.37. The number of hydrogen-bond acceptors (Lipinski definition) is 3. The fourth-order valence-electron chi connectivity index (χ4n) is 2.02. The van der Waals surface area contributed by atoms with E-state index in [0.29, 0.717) is 11.7 Å². The predicted molar refractivity (Wildman–Crippen MR) is 72.3 cm³/mol. The van der Waals surface area contributed by atoms with Gasteiger partial charge in [-0.2, -0.15) is 0 Å². The second-order valence-electron chi connectivity index (χ2n) is 5.05. The highest BCUT2D eigenvalue weighted by Crippen LogP contribution is 2.21. The van der Waals surface area contributed by atoms with Crippen molar-refractivity contribution in [2.24, 2.45) is 11.7 Å². The highest BCUT2D eigenvalue weighted by atomic mass is 32.2. The van der Waals surface area contributed by atoms with Crippen molar-refractivity contribution in [3.05, 3.63) is 18.2 Å². The summed E-state index contributed by atoms with van der Waals surface area (Å²) in [5.74, 6) is 1.20. The first-order valence-corrected chi connectivity index (χ1v) is 7.71. The molecule has 1 rings (SSSR count). The van der Waals surface area contributed by atoms with Crippen LogP contribution in [0.5, 0.6) is 0 Å². The molecule has 3 atom stereocenters. The third-order valence-corrected chi connectivity index (χ3v) is 3.70. The first kappa shape index (κ1) is 14.4. The van der Waals surface area contributed by atoms with Gasteiger partial charge in [-0.15, -0.1) is 0 Å². The molecule has 0 saturated carbocycles. The zero-order valence-corrected chi connectivity index (χ0v) is 11.9. The molecule has 0 spiro atoms. The van der Waals surface area contributed by atoms with Crippen molar-refractivity contribution in [1.29, 1.82) is 0 Å². The molecular weight excluding hydrogens is 234 g/mol. The van der Waals surface area contributed by atoms with Gasteiger partial charge in [0.15, 0.2) is 0 Å². The zero-order chi connectivity index (χ0) is 13.0. The van der Waals surface area contributed by atoms with Gasteiger partial charge in [-0.1, -0.05) is 13.8 Å². The van der Waals surface area contributed by atoms with E-state index < -0.39 is 10.8 Å². The van der Waals surface area contributed by atoms with Gasteiger partial charge in [-0.25, -0.2) is 4.98 Å². The summed E-state index contributed by atoms with van der Waals surface area (Å²) in [6, 6.07) is 0.182.